The highest BCUT2D eigenvalue weighted by molar-refractivity contribution is 5.95. The Balaban J connectivity index is 2.18. The molecular weight excluding hydrogens is 197 g/mol. The lowest BCUT2D eigenvalue weighted by Crippen LogP contribution is -2.24. The van der Waals surface area contributed by atoms with Gasteiger partial charge in [-0.15, -0.1) is 0 Å². The lowest BCUT2D eigenvalue weighted by molar-refractivity contribution is -0.117. The number of carbonyl (C=O) groups excluding carboxylic acids is 1. The third kappa shape index (κ3) is 1.99. The van der Waals surface area contributed by atoms with Crippen LogP contribution in [0.15, 0.2) is 24.3 Å². The first-order valence-corrected chi connectivity index (χ1v) is 4.87. The van der Waals surface area contributed by atoms with E-state index in [0.29, 0.717) is 18.7 Å². The molecular formula is C11H12FNO2. The summed E-state index contributed by atoms with van der Waals surface area (Å²) in [7, 11) is 0. The van der Waals surface area contributed by atoms with E-state index in [0.717, 1.165) is 0 Å². The van der Waals surface area contributed by atoms with Crippen LogP contribution in [-0.2, 0) is 4.79 Å². The van der Waals surface area contributed by atoms with Crippen molar-refractivity contribution in [2.75, 3.05) is 18.1 Å². The highest BCUT2D eigenvalue weighted by atomic mass is 19.1. The summed E-state index contributed by atoms with van der Waals surface area (Å²) in [5, 5.41) is 8.95. The van der Waals surface area contributed by atoms with E-state index in [9.17, 15) is 9.18 Å². The molecule has 1 saturated heterocycles. The Labute approximate surface area is 87.1 Å². The van der Waals surface area contributed by atoms with Crippen molar-refractivity contribution < 1.29 is 14.3 Å². The SMILES string of the molecule is O=C1CC(CO)CN1c1ccc(F)cc1. The van der Waals surface area contributed by atoms with E-state index in [1.807, 2.05) is 0 Å². The van der Waals surface area contributed by atoms with E-state index in [4.69, 9.17) is 5.11 Å². The Morgan fingerprint density at radius 2 is 2.07 bits per heavy atom. The second kappa shape index (κ2) is 3.98. The van der Waals surface area contributed by atoms with Gasteiger partial charge < -0.3 is 10.0 Å². The van der Waals surface area contributed by atoms with Crippen LogP contribution in [0.3, 0.4) is 0 Å². The van der Waals surface area contributed by atoms with E-state index in [2.05, 4.69) is 0 Å². The van der Waals surface area contributed by atoms with Crippen molar-refractivity contribution in [1.82, 2.24) is 0 Å². The highest BCUT2D eigenvalue weighted by Crippen LogP contribution is 2.24. The number of hydrogen-bond donors (Lipinski definition) is 1. The quantitative estimate of drug-likeness (QED) is 0.794. The summed E-state index contributed by atoms with van der Waals surface area (Å²) in [4.78, 5) is 13.1. The van der Waals surface area contributed by atoms with Gasteiger partial charge in [0.1, 0.15) is 5.82 Å². The zero-order chi connectivity index (χ0) is 10.8. The first-order valence-electron chi connectivity index (χ1n) is 4.87. The van der Waals surface area contributed by atoms with Crippen LogP contribution in [0.2, 0.25) is 0 Å². The van der Waals surface area contributed by atoms with E-state index in [1.165, 1.54) is 12.1 Å². The summed E-state index contributed by atoms with van der Waals surface area (Å²) >= 11 is 0. The molecule has 1 aliphatic rings. The molecule has 80 valence electrons. The van der Waals surface area contributed by atoms with Gasteiger partial charge >= 0.3 is 0 Å². The van der Waals surface area contributed by atoms with Crippen molar-refractivity contribution in [3.63, 3.8) is 0 Å². The summed E-state index contributed by atoms with van der Waals surface area (Å²) in [6.45, 7) is 0.532. The Morgan fingerprint density at radius 1 is 1.40 bits per heavy atom. The number of anilines is 1. The second-order valence-corrected chi connectivity index (χ2v) is 3.73. The summed E-state index contributed by atoms with van der Waals surface area (Å²) in [6.07, 6.45) is 0.369. The van der Waals surface area contributed by atoms with E-state index >= 15 is 0 Å². The standard InChI is InChI=1S/C11H12FNO2/c12-9-1-3-10(4-2-9)13-6-8(7-14)5-11(13)15/h1-4,8,14H,5-7H2. The van der Waals surface area contributed by atoms with Crippen LogP contribution in [0.25, 0.3) is 0 Å². The number of rotatable bonds is 2. The molecule has 1 N–H and O–H groups in total. The summed E-state index contributed by atoms with van der Waals surface area (Å²) in [5.41, 5.74) is 0.692. The summed E-state index contributed by atoms with van der Waals surface area (Å²) < 4.78 is 12.7. The smallest absolute Gasteiger partial charge is 0.227 e. The van der Waals surface area contributed by atoms with Crippen molar-refractivity contribution in [3.8, 4) is 0 Å². The van der Waals surface area contributed by atoms with Crippen LogP contribution in [-0.4, -0.2) is 24.2 Å². The molecule has 1 heterocycles. The zero-order valence-corrected chi connectivity index (χ0v) is 8.19. The molecule has 2 rings (SSSR count). The molecule has 1 aromatic carbocycles. The molecule has 1 fully saturated rings. The van der Waals surface area contributed by atoms with Crippen LogP contribution in [0.5, 0.6) is 0 Å². The Morgan fingerprint density at radius 3 is 2.60 bits per heavy atom. The molecule has 0 aromatic heterocycles. The Bertz CT molecular complexity index is 363. The second-order valence-electron chi connectivity index (χ2n) is 3.73. The molecule has 4 heteroatoms. The van der Waals surface area contributed by atoms with Gasteiger partial charge in [-0.3, -0.25) is 4.79 Å². The molecule has 1 unspecified atom stereocenters. The van der Waals surface area contributed by atoms with Crippen LogP contribution < -0.4 is 4.90 Å². The van der Waals surface area contributed by atoms with Gasteiger partial charge in [-0.05, 0) is 24.3 Å². The van der Waals surface area contributed by atoms with Crippen molar-refractivity contribution >= 4 is 11.6 Å². The van der Waals surface area contributed by atoms with Crippen LogP contribution in [0, 0.1) is 11.7 Å². The highest BCUT2D eigenvalue weighted by Gasteiger charge is 2.29. The molecule has 1 aliphatic heterocycles. The minimum absolute atomic E-state index is 0.00236. The van der Waals surface area contributed by atoms with Gasteiger partial charge in [0.05, 0.1) is 0 Å². The number of amides is 1. The largest absolute Gasteiger partial charge is 0.396 e. The monoisotopic (exact) mass is 209 g/mol. The maximum atomic E-state index is 12.7. The molecule has 0 saturated carbocycles. The fraction of sp³-hybridized carbons (Fsp3) is 0.364. The Hall–Kier alpha value is -1.42. The minimum atomic E-state index is -0.316. The fourth-order valence-corrected chi connectivity index (χ4v) is 1.77. The predicted molar refractivity (Wildman–Crippen MR) is 53.9 cm³/mol. The number of benzene rings is 1. The third-order valence-corrected chi connectivity index (χ3v) is 2.60. The lowest BCUT2D eigenvalue weighted by atomic mass is 10.1. The third-order valence-electron chi connectivity index (χ3n) is 2.60. The molecule has 0 bridgehead atoms. The van der Waals surface area contributed by atoms with E-state index in [1.54, 1.807) is 17.0 Å². The minimum Gasteiger partial charge on any atom is -0.396 e. The molecule has 3 nitrogen and oxygen atoms in total. The van der Waals surface area contributed by atoms with Crippen LogP contribution in [0.4, 0.5) is 10.1 Å². The molecule has 0 spiro atoms. The number of nitrogens with zero attached hydrogens (tertiary/aromatic N) is 1. The number of halogens is 1. The molecule has 1 aromatic rings. The molecule has 1 atom stereocenters. The van der Waals surface area contributed by atoms with Gasteiger partial charge in [0.15, 0.2) is 0 Å². The van der Waals surface area contributed by atoms with Crippen molar-refractivity contribution in [2.24, 2.45) is 5.92 Å². The van der Waals surface area contributed by atoms with Crippen LogP contribution >= 0.6 is 0 Å². The zero-order valence-electron chi connectivity index (χ0n) is 8.19. The number of aliphatic hydroxyl groups excluding tert-OH is 1. The van der Waals surface area contributed by atoms with Gasteiger partial charge in [0.2, 0.25) is 5.91 Å². The maximum absolute atomic E-state index is 12.7. The number of aliphatic hydroxyl groups is 1. The Kier molecular flexibility index (Phi) is 2.68. The molecule has 0 radical (unpaired) electrons. The average Bonchev–Trinajstić information content (AvgIpc) is 2.61. The number of carbonyl (C=O) groups is 1. The maximum Gasteiger partial charge on any atom is 0.227 e. The van der Waals surface area contributed by atoms with E-state index in [-0.39, 0.29) is 24.2 Å². The van der Waals surface area contributed by atoms with Gasteiger partial charge in [0, 0.05) is 31.2 Å². The van der Waals surface area contributed by atoms with Gasteiger partial charge in [-0.2, -0.15) is 0 Å². The van der Waals surface area contributed by atoms with E-state index < -0.39 is 0 Å². The molecule has 0 aliphatic carbocycles. The fourth-order valence-electron chi connectivity index (χ4n) is 1.77. The first kappa shape index (κ1) is 10.1. The molecule has 1 amide bonds. The lowest BCUT2D eigenvalue weighted by Gasteiger charge is -2.16. The normalized spacial score (nSPS) is 21.1. The van der Waals surface area contributed by atoms with Crippen LogP contribution in [0.1, 0.15) is 6.42 Å². The topological polar surface area (TPSA) is 40.5 Å². The van der Waals surface area contributed by atoms with Gasteiger partial charge in [-0.25, -0.2) is 4.39 Å². The van der Waals surface area contributed by atoms with Crippen molar-refractivity contribution in [2.45, 2.75) is 6.42 Å². The number of hydrogen-bond acceptors (Lipinski definition) is 2. The first-order chi connectivity index (χ1) is 7.20. The van der Waals surface area contributed by atoms with Gasteiger partial charge in [-0.1, -0.05) is 0 Å². The summed E-state index contributed by atoms with van der Waals surface area (Å²) in [6, 6.07) is 5.81. The average molecular weight is 209 g/mol. The predicted octanol–water partition coefficient (Wildman–Crippen LogP) is 1.17. The summed E-state index contributed by atoms with van der Waals surface area (Å²) in [5.74, 6) is -0.327. The van der Waals surface area contributed by atoms with Crippen molar-refractivity contribution in [1.29, 1.82) is 0 Å². The molecule has 15 heavy (non-hydrogen) atoms. The van der Waals surface area contributed by atoms with Crippen molar-refractivity contribution in [3.05, 3.63) is 30.1 Å². The van der Waals surface area contributed by atoms with Gasteiger partial charge in [0.25, 0.3) is 0 Å².